The highest BCUT2D eigenvalue weighted by Gasteiger charge is 1.97. The molecule has 0 unspecified atom stereocenters. The summed E-state index contributed by atoms with van der Waals surface area (Å²) in [4.78, 5) is 21.2. The summed E-state index contributed by atoms with van der Waals surface area (Å²) in [5, 5.41) is 0. The van der Waals surface area contributed by atoms with E-state index in [4.69, 9.17) is 22.3 Å². The molecule has 19 heavy (non-hydrogen) atoms. The van der Waals surface area contributed by atoms with Crippen LogP contribution in [-0.2, 0) is 19.1 Å². The highest BCUT2D eigenvalue weighted by atomic mass is 16.5. The van der Waals surface area contributed by atoms with Crippen LogP contribution in [0.3, 0.4) is 0 Å². The minimum absolute atomic E-state index is 0.394. The Morgan fingerprint density at radius 2 is 1.00 bits per heavy atom. The van der Waals surface area contributed by atoms with Crippen molar-refractivity contribution in [3.8, 4) is 24.7 Å². The largest absolute Gasteiger partial charge is 0.456 e. The number of unbranched alkanes of at least 4 members (excludes halogenated alkanes) is 6. The minimum Gasteiger partial charge on any atom is -0.456 e. The van der Waals surface area contributed by atoms with E-state index in [1.54, 1.807) is 0 Å². The summed E-state index contributed by atoms with van der Waals surface area (Å²) in [6, 6.07) is 0. The first kappa shape index (κ1) is 17.1. The van der Waals surface area contributed by atoms with E-state index < -0.39 is 11.9 Å². The van der Waals surface area contributed by atoms with E-state index in [9.17, 15) is 9.59 Å². The van der Waals surface area contributed by atoms with E-state index in [0.29, 0.717) is 13.2 Å². The number of terminal acetylenes is 2. The summed E-state index contributed by atoms with van der Waals surface area (Å²) in [7, 11) is 0. The topological polar surface area (TPSA) is 52.6 Å². The van der Waals surface area contributed by atoms with Gasteiger partial charge < -0.3 is 9.47 Å². The minimum atomic E-state index is -0.596. The van der Waals surface area contributed by atoms with Crippen LogP contribution in [0.5, 0.6) is 0 Å². The average molecular weight is 264 g/mol. The highest BCUT2D eigenvalue weighted by molar-refractivity contribution is 5.87. The van der Waals surface area contributed by atoms with Gasteiger partial charge in [0.05, 0.1) is 13.2 Å². The average Bonchev–Trinajstić information content (AvgIpc) is 2.43. The van der Waals surface area contributed by atoms with Gasteiger partial charge in [0, 0.05) is 11.8 Å². The molecule has 0 atom stereocenters. The molecule has 0 spiro atoms. The number of carbonyl (C=O) groups excluding carboxylic acids is 2. The Balaban J connectivity index is 3.12. The van der Waals surface area contributed by atoms with E-state index >= 15 is 0 Å². The van der Waals surface area contributed by atoms with Gasteiger partial charge in [0.2, 0.25) is 0 Å². The second-order valence-electron chi connectivity index (χ2n) is 4.04. The molecule has 104 valence electrons. The Labute approximate surface area is 114 Å². The number of carbonyl (C=O) groups is 2. The van der Waals surface area contributed by atoms with E-state index in [2.05, 4.69) is 0 Å². The van der Waals surface area contributed by atoms with Crippen molar-refractivity contribution in [3.63, 3.8) is 0 Å². The predicted octanol–water partition coefficient (Wildman–Crippen LogP) is 2.07. The SMILES string of the molecule is C#CC(=O)OCCCCCCCCCOC(=O)C#C. The Kier molecular flexibility index (Phi) is 11.2. The van der Waals surface area contributed by atoms with Crippen LogP contribution in [0.1, 0.15) is 44.9 Å². The van der Waals surface area contributed by atoms with Crippen LogP contribution in [0.4, 0.5) is 0 Å². The molecule has 0 N–H and O–H groups in total. The Morgan fingerprint density at radius 3 is 1.32 bits per heavy atom. The molecule has 0 aromatic rings. The number of ether oxygens (including phenoxy) is 2. The van der Waals surface area contributed by atoms with Gasteiger partial charge in [0.1, 0.15) is 0 Å². The van der Waals surface area contributed by atoms with Crippen LogP contribution >= 0.6 is 0 Å². The van der Waals surface area contributed by atoms with Crippen LogP contribution < -0.4 is 0 Å². The van der Waals surface area contributed by atoms with Crippen LogP contribution in [0, 0.1) is 24.7 Å². The van der Waals surface area contributed by atoms with Gasteiger partial charge >= 0.3 is 11.9 Å². The Morgan fingerprint density at radius 1 is 0.684 bits per heavy atom. The lowest BCUT2D eigenvalue weighted by molar-refractivity contribution is -0.137. The molecule has 0 radical (unpaired) electrons. The molecule has 0 aliphatic heterocycles. The van der Waals surface area contributed by atoms with Crippen molar-refractivity contribution in [1.82, 2.24) is 0 Å². The van der Waals surface area contributed by atoms with Gasteiger partial charge in [0.15, 0.2) is 0 Å². The van der Waals surface area contributed by atoms with Crippen molar-refractivity contribution < 1.29 is 19.1 Å². The monoisotopic (exact) mass is 264 g/mol. The van der Waals surface area contributed by atoms with Crippen molar-refractivity contribution in [2.45, 2.75) is 44.9 Å². The summed E-state index contributed by atoms with van der Waals surface area (Å²) in [6.45, 7) is 0.788. The van der Waals surface area contributed by atoms with E-state index in [0.717, 1.165) is 44.9 Å². The van der Waals surface area contributed by atoms with Crippen molar-refractivity contribution in [3.05, 3.63) is 0 Å². The molecule has 0 saturated carbocycles. The number of esters is 2. The third kappa shape index (κ3) is 12.3. The van der Waals surface area contributed by atoms with Gasteiger partial charge in [-0.05, 0) is 12.8 Å². The van der Waals surface area contributed by atoms with Crippen molar-refractivity contribution in [2.75, 3.05) is 13.2 Å². The molecule has 0 bridgehead atoms. The smallest absolute Gasteiger partial charge is 0.384 e. The lowest BCUT2D eigenvalue weighted by atomic mass is 10.1. The van der Waals surface area contributed by atoms with Crippen LogP contribution in [-0.4, -0.2) is 25.2 Å². The van der Waals surface area contributed by atoms with Gasteiger partial charge in [-0.1, -0.05) is 32.1 Å². The standard InChI is InChI=1S/C15H20O4/c1-3-14(16)18-12-10-8-6-5-7-9-11-13-19-15(17)4-2/h1-2H,5-13H2. The lowest BCUT2D eigenvalue weighted by Crippen LogP contribution is -2.02. The van der Waals surface area contributed by atoms with Crippen LogP contribution in [0.25, 0.3) is 0 Å². The maximum Gasteiger partial charge on any atom is 0.384 e. The van der Waals surface area contributed by atoms with Crippen molar-refractivity contribution in [1.29, 1.82) is 0 Å². The Bertz CT molecular complexity index is 312. The summed E-state index contributed by atoms with van der Waals surface area (Å²) >= 11 is 0. The van der Waals surface area contributed by atoms with E-state index in [1.165, 1.54) is 0 Å². The quantitative estimate of drug-likeness (QED) is 0.262. The zero-order valence-corrected chi connectivity index (χ0v) is 11.2. The molecule has 4 heteroatoms. The molecule has 0 rings (SSSR count). The van der Waals surface area contributed by atoms with Gasteiger partial charge in [-0.2, -0.15) is 0 Å². The Hall–Kier alpha value is -1.94. The molecule has 0 heterocycles. The predicted molar refractivity (Wildman–Crippen MR) is 71.9 cm³/mol. The summed E-state index contributed by atoms with van der Waals surface area (Å²) in [5.41, 5.74) is 0. The lowest BCUT2D eigenvalue weighted by Gasteiger charge is -2.03. The van der Waals surface area contributed by atoms with Gasteiger partial charge in [-0.3, -0.25) is 0 Å². The molecule has 0 aliphatic rings. The third-order valence-corrected chi connectivity index (χ3v) is 2.49. The molecular weight excluding hydrogens is 244 g/mol. The normalized spacial score (nSPS) is 9.16. The zero-order chi connectivity index (χ0) is 14.3. The fraction of sp³-hybridized carbons (Fsp3) is 0.600. The zero-order valence-electron chi connectivity index (χ0n) is 11.2. The maximum atomic E-state index is 10.6. The second kappa shape index (κ2) is 12.5. The fourth-order valence-electron chi connectivity index (χ4n) is 1.50. The number of hydrogen-bond donors (Lipinski definition) is 0. The number of hydrogen-bond acceptors (Lipinski definition) is 4. The maximum absolute atomic E-state index is 10.6. The first-order valence-corrected chi connectivity index (χ1v) is 6.47. The summed E-state index contributed by atoms with van der Waals surface area (Å²) in [5.74, 6) is 2.61. The molecule has 0 aromatic heterocycles. The molecule has 0 amide bonds. The van der Waals surface area contributed by atoms with Gasteiger partial charge in [-0.25, -0.2) is 9.59 Å². The highest BCUT2D eigenvalue weighted by Crippen LogP contribution is 2.07. The molecule has 0 saturated heterocycles. The molecule has 0 fully saturated rings. The summed E-state index contributed by atoms with van der Waals surface area (Å²) in [6.07, 6.45) is 16.7. The van der Waals surface area contributed by atoms with E-state index in [-0.39, 0.29) is 0 Å². The van der Waals surface area contributed by atoms with E-state index in [1.807, 2.05) is 11.8 Å². The fourth-order valence-corrected chi connectivity index (χ4v) is 1.50. The van der Waals surface area contributed by atoms with Crippen molar-refractivity contribution in [2.24, 2.45) is 0 Å². The van der Waals surface area contributed by atoms with Gasteiger partial charge in [0.25, 0.3) is 0 Å². The van der Waals surface area contributed by atoms with Crippen molar-refractivity contribution >= 4 is 11.9 Å². The molecule has 0 aromatic carbocycles. The third-order valence-electron chi connectivity index (χ3n) is 2.49. The first-order chi connectivity index (χ1) is 9.20. The van der Waals surface area contributed by atoms with Gasteiger partial charge in [-0.15, -0.1) is 12.8 Å². The van der Waals surface area contributed by atoms with Crippen LogP contribution in [0.15, 0.2) is 0 Å². The molecule has 0 aliphatic carbocycles. The number of rotatable bonds is 10. The second-order valence-corrected chi connectivity index (χ2v) is 4.04. The first-order valence-electron chi connectivity index (χ1n) is 6.47. The molecule has 4 nitrogen and oxygen atoms in total. The summed E-state index contributed by atoms with van der Waals surface area (Å²) < 4.78 is 9.49. The molecular formula is C15H20O4. The van der Waals surface area contributed by atoms with Crippen LogP contribution in [0.2, 0.25) is 0 Å².